The minimum atomic E-state index is -0.466. The van der Waals surface area contributed by atoms with Crippen molar-refractivity contribution in [3.8, 4) is 0 Å². The third kappa shape index (κ3) is 4.24. The number of nitrogens with zero attached hydrogens (tertiary/aromatic N) is 6. The van der Waals surface area contributed by atoms with Gasteiger partial charge in [-0.1, -0.05) is 12.2 Å². The van der Waals surface area contributed by atoms with E-state index in [-0.39, 0.29) is 23.0 Å². The van der Waals surface area contributed by atoms with Crippen LogP contribution in [-0.4, -0.2) is 46.5 Å². The van der Waals surface area contributed by atoms with Crippen LogP contribution >= 0.6 is 0 Å². The van der Waals surface area contributed by atoms with Crippen molar-refractivity contribution in [2.75, 3.05) is 0 Å². The Bertz CT molecular complexity index is 1200. The quantitative estimate of drug-likeness (QED) is 0.642. The highest BCUT2D eigenvalue weighted by atomic mass is 16.5. The molecule has 9 nitrogen and oxygen atoms in total. The van der Waals surface area contributed by atoms with Gasteiger partial charge in [0.25, 0.3) is 11.8 Å². The molecule has 0 saturated heterocycles. The Morgan fingerprint density at radius 2 is 1.90 bits per heavy atom. The van der Waals surface area contributed by atoms with Crippen LogP contribution in [0.4, 0.5) is 5.82 Å². The maximum absolute atomic E-state index is 12.3. The summed E-state index contributed by atoms with van der Waals surface area (Å²) in [7, 11) is 0. The Kier molecular flexibility index (Phi) is 5.19. The van der Waals surface area contributed by atoms with Crippen LogP contribution in [0.25, 0.3) is 5.57 Å². The van der Waals surface area contributed by atoms with E-state index in [0.717, 1.165) is 5.70 Å². The number of rotatable bonds is 0. The van der Waals surface area contributed by atoms with E-state index >= 15 is 0 Å². The molecule has 142 valence electrons. The molecule has 1 atom stereocenters. The molecule has 0 N–H and O–H groups in total. The first-order valence-electron chi connectivity index (χ1n) is 8.70. The van der Waals surface area contributed by atoms with Gasteiger partial charge in [-0.2, -0.15) is 4.99 Å². The summed E-state index contributed by atoms with van der Waals surface area (Å²) in [5.41, 5.74) is 1.21. The highest BCUT2D eigenvalue weighted by molar-refractivity contribution is 6.36. The van der Waals surface area contributed by atoms with Crippen LogP contribution in [0.1, 0.15) is 6.42 Å². The van der Waals surface area contributed by atoms with Gasteiger partial charge in [0.1, 0.15) is 12.4 Å². The first-order valence-corrected chi connectivity index (χ1v) is 8.70. The van der Waals surface area contributed by atoms with Crippen LogP contribution in [0.15, 0.2) is 74.7 Å². The highest BCUT2D eigenvalue weighted by Crippen LogP contribution is 2.17. The fraction of sp³-hybridized carbons (Fsp3) is 0.100. The molecule has 29 heavy (non-hydrogen) atoms. The maximum atomic E-state index is 12.3. The summed E-state index contributed by atoms with van der Waals surface area (Å²) in [6.45, 7) is 0. The van der Waals surface area contributed by atoms with Crippen molar-refractivity contribution in [3.63, 3.8) is 0 Å². The Hall–Kier alpha value is -4.14. The molecular formula is C20H14N6O3. The van der Waals surface area contributed by atoms with Crippen molar-refractivity contribution in [1.82, 2.24) is 9.97 Å². The first-order chi connectivity index (χ1) is 14.2. The van der Waals surface area contributed by atoms with E-state index in [0.29, 0.717) is 11.6 Å². The molecule has 2 amide bonds. The van der Waals surface area contributed by atoms with Crippen LogP contribution in [-0.2, 0) is 14.3 Å². The van der Waals surface area contributed by atoms with Gasteiger partial charge < -0.3 is 4.74 Å². The molecule has 0 fully saturated rings. The fourth-order valence-corrected chi connectivity index (χ4v) is 2.73. The van der Waals surface area contributed by atoms with Gasteiger partial charge in [0.2, 0.25) is 0 Å². The van der Waals surface area contributed by atoms with Crippen molar-refractivity contribution < 1.29 is 14.3 Å². The second-order valence-electron chi connectivity index (χ2n) is 5.99. The lowest BCUT2D eigenvalue weighted by atomic mass is 10.1. The van der Waals surface area contributed by atoms with E-state index in [9.17, 15) is 9.59 Å². The molecule has 1 aliphatic carbocycles. The SMILES string of the molecule is O=C1/C=C/C=C/OC2C=CC=C(C2)N=CC2=c3c(ncnc3=NC2=O)N=CC=N1. The van der Waals surface area contributed by atoms with Gasteiger partial charge in [-0.05, 0) is 18.2 Å². The molecular weight excluding hydrogens is 372 g/mol. The lowest BCUT2D eigenvalue weighted by molar-refractivity contribution is -0.113. The normalized spacial score (nSPS) is 22.8. The topological polar surface area (TPSA) is 119 Å². The molecule has 3 heterocycles. The Morgan fingerprint density at radius 3 is 2.83 bits per heavy atom. The number of fused-ring (bicyclic) bond motifs is 2. The molecule has 2 bridgehead atoms. The zero-order valence-electron chi connectivity index (χ0n) is 15.0. The smallest absolute Gasteiger partial charge is 0.281 e. The number of aliphatic imine (C=N–C) groups is 3. The molecule has 4 rings (SSSR count). The molecule has 9 heteroatoms. The summed E-state index contributed by atoms with van der Waals surface area (Å²) in [6.07, 6.45) is 17.1. The van der Waals surface area contributed by atoms with E-state index in [2.05, 4.69) is 29.9 Å². The number of amides is 2. The third-order valence-electron chi connectivity index (χ3n) is 4.05. The number of hydrogen-bond acceptors (Lipinski definition) is 7. The van der Waals surface area contributed by atoms with Crippen molar-refractivity contribution in [3.05, 3.63) is 65.4 Å². The van der Waals surface area contributed by atoms with E-state index < -0.39 is 11.8 Å². The zero-order chi connectivity index (χ0) is 20.1. The lowest BCUT2D eigenvalue weighted by Crippen LogP contribution is -2.28. The molecule has 0 radical (unpaired) electrons. The Morgan fingerprint density at radius 1 is 1.00 bits per heavy atom. The summed E-state index contributed by atoms with van der Waals surface area (Å²) in [6, 6.07) is 0. The minimum absolute atomic E-state index is 0.214. The predicted octanol–water partition coefficient (Wildman–Crippen LogP) is 0.470. The van der Waals surface area contributed by atoms with Crippen molar-refractivity contribution >= 4 is 41.8 Å². The number of allylic oxidation sites excluding steroid dienone is 4. The van der Waals surface area contributed by atoms with E-state index in [1.165, 1.54) is 43.4 Å². The monoisotopic (exact) mass is 386 g/mol. The van der Waals surface area contributed by atoms with Gasteiger partial charge in [0, 0.05) is 36.8 Å². The average molecular weight is 386 g/mol. The van der Waals surface area contributed by atoms with Crippen LogP contribution in [0.3, 0.4) is 0 Å². The second-order valence-corrected chi connectivity index (χ2v) is 5.99. The highest BCUT2D eigenvalue weighted by Gasteiger charge is 2.19. The minimum Gasteiger partial charge on any atom is -0.494 e. The first kappa shape index (κ1) is 18.2. The number of carbonyl (C=O) groups is 2. The van der Waals surface area contributed by atoms with Crippen LogP contribution in [0.5, 0.6) is 0 Å². The summed E-state index contributed by atoms with van der Waals surface area (Å²) in [4.78, 5) is 48.4. The van der Waals surface area contributed by atoms with Crippen molar-refractivity contribution in [2.45, 2.75) is 12.5 Å². The van der Waals surface area contributed by atoms with Gasteiger partial charge in [-0.3, -0.25) is 14.6 Å². The fourth-order valence-electron chi connectivity index (χ4n) is 2.73. The van der Waals surface area contributed by atoms with E-state index in [4.69, 9.17) is 4.74 Å². The van der Waals surface area contributed by atoms with Gasteiger partial charge in [-0.25, -0.2) is 20.0 Å². The standard InChI is InChI=1S/C20H14N6O3/c27-16-6-1-2-9-29-14-5-3-4-13(10-14)23-11-15-17-18(22-8-7-21-16)24-12-25-19(17)26-20(15)28/h1-9,11-12,14H,10H2/b6-1+,9-2+,21-7?,22-8?,23-11?. The van der Waals surface area contributed by atoms with E-state index in [1.54, 1.807) is 6.08 Å². The average Bonchev–Trinajstić information content (AvgIpc) is 3.05. The maximum Gasteiger partial charge on any atom is 0.281 e. The number of hydrogen-bond donors (Lipinski definition) is 0. The van der Waals surface area contributed by atoms with Crippen LogP contribution < -0.4 is 10.7 Å². The molecule has 3 aliphatic rings. The largest absolute Gasteiger partial charge is 0.494 e. The summed E-state index contributed by atoms with van der Waals surface area (Å²) >= 11 is 0. The Balaban J connectivity index is 1.80. The predicted molar refractivity (Wildman–Crippen MR) is 106 cm³/mol. The molecule has 0 spiro atoms. The van der Waals surface area contributed by atoms with E-state index in [1.807, 2.05) is 18.2 Å². The van der Waals surface area contributed by atoms with Crippen LogP contribution in [0.2, 0.25) is 0 Å². The zero-order valence-corrected chi connectivity index (χ0v) is 15.0. The summed E-state index contributed by atoms with van der Waals surface area (Å²) in [5.74, 6) is -0.683. The molecule has 1 unspecified atom stereocenters. The lowest BCUT2D eigenvalue weighted by Gasteiger charge is -2.15. The molecule has 1 aromatic rings. The third-order valence-corrected chi connectivity index (χ3v) is 4.05. The summed E-state index contributed by atoms with van der Waals surface area (Å²) < 4.78 is 5.62. The molecule has 0 saturated carbocycles. The number of ether oxygens (including phenoxy) is 1. The summed E-state index contributed by atoms with van der Waals surface area (Å²) in [5, 5.41) is 0.390. The van der Waals surface area contributed by atoms with Crippen molar-refractivity contribution in [2.24, 2.45) is 20.0 Å². The van der Waals surface area contributed by atoms with Gasteiger partial charge in [0.15, 0.2) is 11.3 Å². The van der Waals surface area contributed by atoms with Crippen molar-refractivity contribution in [1.29, 1.82) is 0 Å². The van der Waals surface area contributed by atoms with Gasteiger partial charge in [-0.15, -0.1) is 0 Å². The number of carbonyl (C=O) groups excluding carboxylic acids is 2. The van der Waals surface area contributed by atoms with Gasteiger partial charge >= 0.3 is 0 Å². The second kappa shape index (κ2) is 8.26. The molecule has 0 aromatic carbocycles. The Labute approximate surface area is 164 Å². The molecule has 2 aliphatic heterocycles. The number of aromatic nitrogens is 2. The molecule has 1 aromatic heterocycles. The van der Waals surface area contributed by atoms with Crippen LogP contribution in [0, 0.1) is 0 Å². The van der Waals surface area contributed by atoms with Gasteiger partial charge in [0.05, 0.1) is 17.1 Å².